The van der Waals surface area contributed by atoms with Crippen molar-refractivity contribution in [3.05, 3.63) is 153 Å². The van der Waals surface area contributed by atoms with Crippen LogP contribution in [0, 0.1) is 10.1 Å². The molecule has 0 aliphatic carbocycles. The van der Waals surface area contributed by atoms with Crippen LogP contribution >= 0.6 is 46.3 Å². The smallest absolute Gasteiger partial charge is 0.338 e. The fourth-order valence-corrected chi connectivity index (χ4v) is 8.16. The van der Waals surface area contributed by atoms with Gasteiger partial charge in [0.1, 0.15) is 5.75 Å². The summed E-state index contributed by atoms with van der Waals surface area (Å²) in [7, 11) is 0. The number of fused-ring (bicyclic) bond motifs is 1. The molecule has 54 heavy (non-hydrogen) atoms. The van der Waals surface area contributed by atoms with E-state index >= 15 is 0 Å². The second-order valence-electron chi connectivity index (χ2n) is 11.6. The second-order valence-corrected chi connectivity index (χ2v) is 14.5. The van der Waals surface area contributed by atoms with E-state index in [2.05, 4.69) is 15.2 Å². The Morgan fingerprint density at radius 1 is 1.04 bits per heavy atom. The molecule has 0 radical (unpaired) electrons. The summed E-state index contributed by atoms with van der Waals surface area (Å²) >= 11 is 14.5. The number of carbonyl (C=O) groups excluding carboxylic acids is 1. The van der Waals surface area contributed by atoms with E-state index in [0.717, 1.165) is 23.1 Å². The minimum atomic E-state index is -0.893. The molecule has 272 valence electrons. The number of halogens is 2. The highest BCUT2D eigenvalue weighted by atomic mass is 35.5. The van der Waals surface area contributed by atoms with E-state index in [-0.39, 0.29) is 32.5 Å². The van der Waals surface area contributed by atoms with Crippen molar-refractivity contribution in [3.8, 4) is 17.1 Å². The molecule has 0 saturated carbocycles. The van der Waals surface area contributed by atoms with Gasteiger partial charge in [-0.1, -0.05) is 83.1 Å². The molecule has 0 fully saturated rings. The van der Waals surface area contributed by atoms with Crippen LogP contribution < -0.4 is 19.6 Å². The molecule has 1 atom stereocenters. The van der Waals surface area contributed by atoms with E-state index in [1.54, 1.807) is 67.6 Å². The van der Waals surface area contributed by atoms with Gasteiger partial charge >= 0.3 is 5.97 Å². The lowest BCUT2D eigenvalue weighted by atomic mass is 9.93. The number of nitro groups is 1. The van der Waals surface area contributed by atoms with Crippen molar-refractivity contribution in [1.82, 2.24) is 19.7 Å². The Morgan fingerprint density at radius 2 is 1.81 bits per heavy atom. The fourth-order valence-electron chi connectivity index (χ4n) is 5.87. The molecule has 0 unspecified atom stereocenters. The Balaban J connectivity index is 1.31. The molecule has 2 aromatic heterocycles. The number of esters is 1. The van der Waals surface area contributed by atoms with E-state index < -0.39 is 22.5 Å². The van der Waals surface area contributed by atoms with Crippen molar-refractivity contribution in [2.75, 3.05) is 13.2 Å². The van der Waals surface area contributed by atoms with E-state index in [4.69, 9.17) is 37.7 Å². The largest absolute Gasteiger partial charge is 0.494 e. The van der Waals surface area contributed by atoms with Gasteiger partial charge in [-0.2, -0.15) is 0 Å². The summed E-state index contributed by atoms with van der Waals surface area (Å²) in [4.78, 5) is 49.8. The fraction of sp³-hybridized carbons (Fsp3) is 0.132. The predicted molar refractivity (Wildman–Crippen MR) is 208 cm³/mol. The maximum absolute atomic E-state index is 14.3. The molecule has 1 aliphatic rings. The number of hydrogen-bond acceptors (Lipinski definition) is 11. The summed E-state index contributed by atoms with van der Waals surface area (Å²) in [6, 6.07) is 25.1. The number of rotatable bonds is 11. The van der Waals surface area contributed by atoms with Gasteiger partial charge in [0.25, 0.3) is 11.2 Å². The molecule has 16 heteroatoms. The van der Waals surface area contributed by atoms with Crippen LogP contribution in [-0.4, -0.2) is 43.9 Å². The van der Waals surface area contributed by atoms with Gasteiger partial charge in [0.05, 0.1) is 49.9 Å². The summed E-state index contributed by atoms with van der Waals surface area (Å²) in [6.07, 6.45) is 1.57. The predicted octanol–water partition coefficient (Wildman–Crippen LogP) is 7.49. The van der Waals surface area contributed by atoms with Crippen LogP contribution in [0.25, 0.3) is 23.2 Å². The monoisotopic (exact) mass is 798 g/mol. The standard InChI is InChI=1S/C38H28Cl2N6O6S2/c1-3-51-25-14-11-23(12-15-25)33-31(36(48)52-4-2)32(22-8-6-5-7-9-22)41-38-45(33)35(47)30(54-38)19-21-10-17-29(28(18-21)46(49)50)53-37-42-34(43-44-37)26-16-13-24(39)20-27(26)40/h5-20,33H,3-4H2,1-2H3,(H,42,43,44)/b30-19-/t33-/m0/s1. The Hall–Kier alpha value is -5.54. The molecule has 1 N–H and O–H groups in total. The lowest BCUT2D eigenvalue weighted by Crippen LogP contribution is -2.40. The van der Waals surface area contributed by atoms with Crippen LogP contribution in [0.1, 0.15) is 36.6 Å². The van der Waals surface area contributed by atoms with Gasteiger partial charge in [0.2, 0.25) is 5.16 Å². The van der Waals surface area contributed by atoms with Crippen LogP contribution in [0.5, 0.6) is 5.75 Å². The van der Waals surface area contributed by atoms with E-state index in [9.17, 15) is 19.7 Å². The highest BCUT2D eigenvalue weighted by Gasteiger charge is 2.35. The summed E-state index contributed by atoms with van der Waals surface area (Å²) in [6.45, 7) is 4.18. The van der Waals surface area contributed by atoms with Crippen molar-refractivity contribution < 1.29 is 19.2 Å². The second kappa shape index (κ2) is 15.8. The van der Waals surface area contributed by atoms with E-state index in [1.165, 1.54) is 10.6 Å². The number of aromatic nitrogens is 4. The van der Waals surface area contributed by atoms with Crippen LogP contribution in [0.2, 0.25) is 10.0 Å². The third-order valence-electron chi connectivity index (χ3n) is 8.21. The number of ether oxygens (including phenoxy) is 2. The number of benzene rings is 4. The molecule has 3 heterocycles. The normalized spacial score (nSPS) is 14.1. The van der Waals surface area contributed by atoms with Crippen LogP contribution in [0.15, 0.2) is 116 Å². The van der Waals surface area contributed by atoms with Crippen molar-refractivity contribution >= 4 is 69.7 Å². The van der Waals surface area contributed by atoms with Gasteiger partial charge in [-0.05, 0) is 79.2 Å². The first-order valence-electron chi connectivity index (χ1n) is 16.5. The molecule has 0 saturated heterocycles. The van der Waals surface area contributed by atoms with Gasteiger partial charge in [-0.15, -0.1) is 5.10 Å². The minimum absolute atomic E-state index is 0.117. The van der Waals surface area contributed by atoms with Crippen LogP contribution in [0.4, 0.5) is 5.69 Å². The number of nitro benzene ring substituents is 1. The van der Waals surface area contributed by atoms with Gasteiger partial charge in [0.15, 0.2) is 10.6 Å². The molecule has 7 rings (SSSR count). The third-order valence-corrected chi connectivity index (χ3v) is 10.7. The van der Waals surface area contributed by atoms with Gasteiger partial charge in [0, 0.05) is 22.2 Å². The molecular weight excluding hydrogens is 771 g/mol. The maximum Gasteiger partial charge on any atom is 0.338 e. The molecular formula is C38H28Cl2N6O6S2. The average molecular weight is 800 g/mol. The molecule has 0 bridgehead atoms. The number of aromatic amines is 1. The highest BCUT2D eigenvalue weighted by Crippen LogP contribution is 2.37. The Morgan fingerprint density at radius 3 is 2.52 bits per heavy atom. The van der Waals surface area contributed by atoms with Crippen molar-refractivity contribution in [3.63, 3.8) is 0 Å². The van der Waals surface area contributed by atoms with Crippen molar-refractivity contribution in [2.45, 2.75) is 29.9 Å². The highest BCUT2D eigenvalue weighted by molar-refractivity contribution is 7.99. The number of nitrogens with one attached hydrogen (secondary N) is 1. The molecule has 0 amide bonds. The lowest BCUT2D eigenvalue weighted by Gasteiger charge is -2.26. The van der Waals surface area contributed by atoms with E-state index in [0.29, 0.717) is 61.0 Å². The van der Waals surface area contributed by atoms with Gasteiger partial charge in [-0.3, -0.25) is 24.6 Å². The minimum Gasteiger partial charge on any atom is -0.494 e. The summed E-state index contributed by atoms with van der Waals surface area (Å²) in [5.74, 6) is 0.405. The number of thiazole rings is 1. The lowest BCUT2D eigenvalue weighted by molar-refractivity contribution is -0.387. The number of carbonyl (C=O) groups is 1. The number of hydrogen-bond donors (Lipinski definition) is 1. The molecule has 0 spiro atoms. The number of H-pyrrole nitrogens is 1. The zero-order chi connectivity index (χ0) is 37.9. The number of nitrogens with zero attached hydrogens (tertiary/aromatic N) is 5. The topological polar surface area (TPSA) is 155 Å². The van der Waals surface area contributed by atoms with Crippen molar-refractivity contribution in [2.24, 2.45) is 4.99 Å². The first-order chi connectivity index (χ1) is 26.1. The first-order valence-corrected chi connectivity index (χ1v) is 18.9. The zero-order valence-corrected chi connectivity index (χ0v) is 31.6. The third kappa shape index (κ3) is 7.46. The first kappa shape index (κ1) is 36.8. The Labute approximate surface area is 325 Å². The molecule has 12 nitrogen and oxygen atoms in total. The summed E-state index contributed by atoms with van der Waals surface area (Å²) in [5.41, 5.74) is 2.24. The molecule has 4 aromatic carbocycles. The van der Waals surface area contributed by atoms with E-state index in [1.807, 2.05) is 37.3 Å². The van der Waals surface area contributed by atoms with Crippen LogP contribution in [-0.2, 0) is 9.53 Å². The van der Waals surface area contributed by atoms with Crippen molar-refractivity contribution in [1.29, 1.82) is 0 Å². The van der Waals surface area contributed by atoms with Gasteiger partial charge in [-0.25, -0.2) is 14.8 Å². The zero-order valence-electron chi connectivity index (χ0n) is 28.5. The average Bonchev–Trinajstić information content (AvgIpc) is 3.75. The van der Waals surface area contributed by atoms with Crippen LogP contribution in [0.3, 0.4) is 0 Å². The Bertz CT molecular complexity index is 2620. The Kier molecular flexibility index (Phi) is 10.8. The summed E-state index contributed by atoms with van der Waals surface area (Å²) < 4.78 is 12.9. The quantitative estimate of drug-likeness (QED) is 0.0798. The maximum atomic E-state index is 14.3. The molecule has 1 aliphatic heterocycles. The molecule has 6 aromatic rings. The SMILES string of the molecule is CCOC(=O)C1=C(c2ccccc2)N=c2s/c(=C\c3ccc(Sc4n[nH]c(-c5ccc(Cl)cc5Cl)n4)c([N+](=O)[O-])c3)c(=O)n2[C@H]1c1ccc(OCC)cc1. The van der Waals surface area contributed by atoms with Gasteiger partial charge < -0.3 is 9.47 Å². The summed E-state index contributed by atoms with van der Waals surface area (Å²) in [5, 5.41) is 20.4.